The molecular formula is C20H30N4O7S. The van der Waals surface area contributed by atoms with Gasteiger partial charge in [0, 0.05) is 31.5 Å². The van der Waals surface area contributed by atoms with Gasteiger partial charge >= 0.3 is 15.8 Å². The Morgan fingerprint density at radius 1 is 1.28 bits per heavy atom. The Balaban J connectivity index is 1.90. The summed E-state index contributed by atoms with van der Waals surface area (Å²) < 4.78 is 43.5. The number of H-pyrrole nitrogens is 1. The molecule has 0 aromatic carbocycles. The summed E-state index contributed by atoms with van der Waals surface area (Å²) in [5.41, 5.74) is -0.329. The first-order valence-corrected chi connectivity index (χ1v) is 11.9. The van der Waals surface area contributed by atoms with E-state index in [0.717, 1.165) is 5.57 Å². The maximum absolute atomic E-state index is 12.7. The van der Waals surface area contributed by atoms with Crippen molar-refractivity contribution >= 4 is 15.3 Å². The van der Waals surface area contributed by atoms with Crippen molar-refractivity contribution in [2.24, 2.45) is 16.8 Å². The predicted octanol–water partition coefficient (Wildman–Crippen LogP) is 0.665. The van der Waals surface area contributed by atoms with E-state index in [2.05, 4.69) is 9.98 Å². The van der Waals surface area contributed by atoms with Crippen molar-refractivity contribution in [3.05, 3.63) is 44.4 Å². The molecule has 11 nitrogen and oxygen atoms in total. The van der Waals surface area contributed by atoms with E-state index >= 15 is 0 Å². The molecule has 3 rings (SSSR count). The van der Waals surface area contributed by atoms with E-state index in [9.17, 15) is 18.0 Å². The number of methoxy groups -OCH3 is 1. The molecule has 3 heterocycles. The zero-order valence-corrected chi connectivity index (χ0v) is 19.7. The second-order valence-corrected chi connectivity index (χ2v) is 9.94. The zero-order chi connectivity index (χ0) is 23.6. The highest BCUT2D eigenvalue weighted by atomic mass is 32.2. The standard InChI is InChI=1S/C20H30N4O7S/c1-12(2)11-30-32(27,28)20-21-7-9-23(20)10-14-16(13(3)4)17(29-5)18(31-14)24-8-6-15(25)22-19(24)26/h6,8,12-13,17-18H,7,9-11H2,1-5H3,(H,22,25,26)/t17?,18-/m1/s1. The second-order valence-electron chi connectivity index (χ2n) is 8.43. The molecule has 0 radical (unpaired) electrons. The van der Waals surface area contributed by atoms with Crippen LogP contribution < -0.4 is 11.2 Å². The molecule has 0 aliphatic carbocycles. The zero-order valence-electron chi connectivity index (χ0n) is 18.9. The van der Waals surface area contributed by atoms with E-state index in [0.29, 0.717) is 18.8 Å². The number of amidine groups is 1. The predicted molar refractivity (Wildman–Crippen MR) is 118 cm³/mol. The van der Waals surface area contributed by atoms with E-state index in [4.69, 9.17) is 13.7 Å². The fourth-order valence-corrected chi connectivity index (χ4v) is 5.02. The molecule has 0 saturated carbocycles. The quantitative estimate of drug-likeness (QED) is 0.548. The Bertz CT molecular complexity index is 1120. The van der Waals surface area contributed by atoms with Crippen LogP contribution in [0, 0.1) is 11.8 Å². The number of aliphatic imine (C=N–C) groups is 1. The molecule has 2 aliphatic rings. The van der Waals surface area contributed by atoms with E-state index in [1.807, 2.05) is 27.7 Å². The molecule has 1 aromatic rings. The number of rotatable bonds is 8. The molecule has 0 bridgehead atoms. The summed E-state index contributed by atoms with van der Waals surface area (Å²) in [6.45, 7) is 8.55. The van der Waals surface area contributed by atoms with E-state index in [1.165, 1.54) is 23.9 Å². The molecule has 1 N–H and O–H groups in total. The number of hydrogen-bond donors (Lipinski definition) is 1. The van der Waals surface area contributed by atoms with Gasteiger partial charge in [-0.15, -0.1) is 0 Å². The van der Waals surface area contributed by atoms with Gasteiger partial charge in [0.25, 0.3) is 5.56 Å². The van der Waals surface area contributed by atoms with Gasteiger partial charge in [0.15, 0.2) is 0 Å². The minimum Gasteiger partial charge on any atom is -0.469 e. The fraction of sp³-hybridized carbons (Fsp3) is 0.650. The van der Waals surface area contributed by atoms with E-state index in [1.54, 1.807) is 4.90 Å². The minimum atomic E-state index is -4.01. The topological polar surface area (TPSA) is 132 Å². The monoisotopic (exact) mass is 470 g/mol. The number of nitrogens with one attached hydrogen (secondary N) is 1. The smallest absolute Gasteiger partial charge is 0.331 e. The largest absolute Gasteiger partial charge is 0.469 e. The Kier molecular flexibility index (Phi) is 7.25. The molecule has 2 atom stereocenters. The number of nitrogens with zero attached hydrogens (tertiary/aromatic N) is 3. The van der Waals surface area contributed by atoms with Gasteiger partial charge in [-0.1, -0.05) is 27.7 Å². The number of aromatic amines is 1. The lowest BCUT2D eigenvalue weighted by atomic mass is 9.96. The van der Waals surface area contributed by atoms with Gasteiger partial charge in [-0.25, -0.2) is 4.79 Å². The summed E-state index contributed by atoms with van der Waals surface area (Å²) in [4.78, 5) is 31.8. The third kappa shape index (κ3) is 4.97. The van der Waals surface area contributed by atoms with Gasteiger partial charge < -0.3 is 14.4 Å². The maximum Gasteiger partial charge on any atom is 0.331 e. The molecule has 1 unspecified atom stereocenters. The van der Waals surface area contributed by atoms with Crippen LogP contribution in [0.4, 0.5) is 0 Å². The van der Waals surface area contributed by atoms with Crippen molar-refractivity contribution in [3.63, 3.8) is 0 Å². The molecule has 0 fully saturated rings. The highest BCUT2D eigenvalue weighted by Gasteiger charge is 2.42. The van der Waals surface area contributed by atoms with Gasteiger partial charge in [0.2, 0.25) is 11.4 Å². The highest BCUT2D eigenvalue weighted by Crippen LogP contribution is 2.38. The van der Waals surface area contributed by atoms with Crippen LogP contribution in [0.25, 0.3) is 0 Å². The first kappa shape index (κ1) is 24.2. The number of hydrogen-bond acceptors (Lipinski definition) is 9. The lowest BCUT2D eigenvalue weighted by Crippen LogP contribution is -2.37. The van der Waals surface area contributed by atoms with Crippen LogP contribution >= 0.6 is 0 Å². The van der Waals surface area contributed by atoms with Gasteiger partial charge in [-0.3, -0.25) is 23.5 Å². The van der Waals surface area contributed by atoms with Gasteiger partial charge in [-0.05, 0) is 11.8 Å². The minimum absolute atomic E-state index is 0.00444. The van der Waals surface area contributed by atoms with E-state index in [-0.39, 0.29) is 30.2 Å². The molecule has 32 heavy (non-hydrogen) atoms. The highest BCUT2D eigenvalue weighted by molar-refractivity contribution is 8.02. The first-order chi connectivity index (χ1) is 15.0. The lowest BCUT2D eigenvalue weighted by molar-refractivity contribution is -0.0292. The normalized spacial score (nSPS) is 21.6. The Morgan fingerprint density at radius 2 is 2.00 bits per heavy atom. The van der Waals surface area contributed by atoms with Crippen molar-refractivity contribution in [2.45, 2.75) is 40.0 Å². The van der Waals surface area contributed by atoms with E-state index < -0.39 is 33.7 Å². The molecule has 12 heteroatoms. The van der Waals surface area contributed by atoms with Crippen LogP contribution in [0.1, 0.15) is 33.9 Å². The molecule has 1 aromatic heterocycles. The van der Waals surface area contributed by atoms with Crippen molar-refractivity contribution in [1.82, 2.24) is 14.5 Å². The van der Waals surface area contributed by atoms with Crippen LogP contribution in [-0.4, -0.2) is 67.5 Å². The molecule has 2 aliphatic heterocycles. The van der Waals surface area contributed by atoms with Gasteiger partial charge in [0.05, 0.1) is 19.7 Å². The van der Waals surface area contributed by atoms with Gasteiger partial charge in [-0.2, -0.15) is 8.42 Å². The third-order valence-electron chi connectivity index (χ3n) is 5.15. The average molecular weight is 471 g/mol. The van der Waals surface area contributed by atoms with Crippen LogP contribution in [0.5, 0.6) is 0 Å². The number of aromatic nitrogens is 2. The lowest BCUT2D eigenvalue weighted by Gasteiger charge is -2.23. The Morgan fingerprint density at radius 3 is 2.59 bits per heavy atom. The summed E-state index contributed by atoms with van der Waals surface area (Å²) in [6, 6.07) is 1.23. The second kappa shape index (κ2) is 9.59. The average Bonchev–Trinajstić information content (AvgIpc) is 3.31. The summed E-state index contributed by atoms with van der Waals surface area (Å²) >= 11 is 0. The third-order valence-corrected chi connectivity index (χ3v) is 6.43. The molecule has 0 saturated heterocycles. The number of ether oxygens (including phenoxy) is 2. The van der Waals surface area contributed by atoms with Crippen LogP contribution in [-0.2, 0) is 23.8 Å². The SMILES string of the molecule is COC1C(C(C)C)=C(CN2CCN=C2S(=O)(=O)OCC(C)C)O[C@H]1n1ccc(=O)[nH]c1=O. The summed E-state index contributed by atoms with van der Waals surface area (Å²) in [5.74, 6) is 0.548. The molecular weight excluding hydrogens is 440 g/mol. The van der Waals surface area contributed by atoms with Crippen LogP contribution in [0.2, 0.25) is 0 Å². The maximum atomic E-state index is 12.7. The van der Waals surface area contributed by atoms with Crippen molar-refractivity contribution in [2.75, 3.05) is 33.4 Å². The summed E-state index contributed by atoms with van der Waals surface area (Å²) in [6.07, 6.45) is -0.0787. The molecule has 0 spiro atoms. The summed E-state index contributed by atoms with van der Waals surface area (Å²) in [5, 5.41) is -0.129. The van der Waals surface area contributed by atoms with Crippen molar-refractivity contribution in [1.29, 1.82) is 0 Å². The van der Waals surface area contributed by atoms with Crippen LogP contribution in [0.3, 0.4) is 0 Å². The first-order valence-electron chi connectivity index (χ1n) is 10.5. The van der Waals surface area contributed by atoms with Crippen LogP contribution in [0.15, 0.2) is 38.2 Å². The fourth-order valence-electron chi connectivity index (χ4n) is 3.74. The Labute approximate surface area is 186 Å². The Hall–Kier alpha value is -2.44. The van der Waals surface area contributed by atoms with Crippen molar-refractivity contribution < 1.29 is 22.1 Å². The van der Waals surface area contributed by atoms with Crippen molar-refractivity contribution in [3.8, 4) is 0 Å². The summed E-state index contributed by atoms with van der Waals surface area (Å²) in [7, 11) is -2.50. The molecule has 0 amide bonds. The van der Waals surface area contributed by atoms with Gasteiger partial charge in [0.1, 0.15) is 11.9 Å². The molecule has 178 valence electrons.